The van der Waals surface area contributed by atoms with E-state index in [1.807, 2.05) is 11.0 Å². The van der Waals surface area contributed by atoms with E-state index in [4.69, 9.17) is 5.26 Å². The first kappa shape index (κ1) is 25.7. The van der Waals surface area contributed by atoms with Gasteiger partial charge in [0.15, 0.2) is 0 Å². The van der Waals surface area contributed by atoms with Crippen LogP contribution in [0, 0.1) is 11.3 Å². The van der Waals surface area contributed by atoms with E-state index in [1.54, 1.807) is 6.07 Å². The number of benzene rings is 2. The molecule has 7 nitrogen and oxygen atoms in total. The van der Waals surface area contributed by atoms with Crippen molar-refractivity contribution in [3.8, 4) is 6.07 Å². The summed E-state index contributed by atoms with van der Waals surface area (Å²) in [6, 6.07) is 12.5. The summed E-state index contributed by atoms with van der Waals surface area (Å²) in [4.78, 5) is 14.4. The molecule has 0 bridgehead atoms. The lowest BCUT2D eigenvalue weighted by Crippen LogP contribution is -2.47. The molecule has 1 aliphatic heterocycles. The molecule has 0 radical (unpaired) electrons. The van der Waals surface area contributed by atoms with Gasteiger partial charge in [-0.2, -0.15) is 22.7 Å². The van der Waals surface area contributed by atoms with Crippen LogP contribution in [0.3, 0.4) is 0 Å². The molecule has 1 heterocycles. The van der Waals surface area contributed by atoms with Gasteiger partial charge in [-0.15, -0.1) is 0 Å². The number of hydrogen-bond donors (Lipinski definition) is 1. The van der Waals surface area contributed by atoms with Crippen LogP contribution < -0.4 is 5.32 Å². The number of likely N-dealkylation sites (tertiary alicyclic amines) is 1. The highest BCUT2D eigenvalue weighted by molar-refractivity contribution is 7.89. The van der Waals surface area contributed by atoms with Crippen LogP contribution in [0.2, 0.25) is 0 Å². The van der Waals surface area contributed by atoms with Gasteiger partial charge >= 0.3 is 6.18 Å². The van der Waals surface area contributed by atoms with Crippen molar-refractivity contribution in [2.75, 3.05) is 26.7 Å². The molecule has 1 N–H and O–H groups in total. The Labute approximate surface area is 196 Å². The van der Waals surface area contributed by atoms with Gasteiger partial charge < -0.3 is 5.32 Å². The molecule has 1 aliphatic rings. The summed E-state index contributed by atoms with van der Waals surface area (Å²) < 4.78 is 65.0. The predicted molar refractivity (Wildman–Crippen MR) is 119 cm³/mol. The molecule has 0 unspecified atom stereocenters. The Hall–Kier alpha value is -2.94. The summed E-state index contributed by atoms with van der Waals surface area (Å²) in [5, 5.41) is 11.7. The number of nitriles is 1. The van der Waals surface area contributed by atoms with Crippen molar-refractivity contribution >= 4 is 15.9 Å². The Morgan fingerprint density at radius 1 is 1.18 bits per heavy atom. The zero-order valence-corrected chi connectivity index (χ0v) is 19.4. The van der Waals surface area contributed by atoms with Gasteiger partial charge in [0.2, 0.25) is 15.9 Å². The van der Waals surface area contributed by atoms with Crippen LogP contribution in [0.1, 0.15) is 29.5 Å². The highest BCUT2D eigenvalue weighted by Gasteiger charge is 2.31. The van der Waals surface area contributed by atoms with E-state index in [2.05, 4.69) is 5.32 Å². The first-order valence-corrected chi connectivity index (χ1v) is 12.1. The minimum absolute atomic E-state index is 0.00954. The molecule has 0 saturated carbocycles. The number of piperidine rings is 1. The number of rotatable bonds is 7. The summed E-state index contributed by atoms with van der Waals surface area (Å²) in [7, 11) is -2.57. The molecule has 1 fully saturated rings. The number of carbonyl (C=O) groups excluding carboxylic acids is 1. The largest absolute Gasteiger partial charge is 0.416 e. The lowest BCUT2D eigenvalue weighted by Gasteiger charge is -2.32. The maximum Gasteiger partial charge on any atom is 0.416 e. The molecule has 2 aromatic rings. The number of sulfonamides is 1. The summed E-state index contributed by atoms with van der Waals surface area (Å²) in [6.07, 6.45) is -3.17. The van der Waals surface area contributed by atoms with Gasteiger partial charge in [0.25, 0.3) is 0 Å². The molecule has 11 heteroatoms. The van der Waals surface area contributed by atoms with Crippen LogP contribution in [0.4, 0.5) is 13.2 Å². The molecule has 0 atom stereocenters. The van der Waals surface area contributed by atoms with E-state index in [-0.39, 0.29) is 17.5 Å². The van der Waals surface area contributed by atoms with Crippen molar-refractivity contribution in [3.63, 3.8) is 0 Å². The second-order valence-corrected chi connectivity index (χ2v) is 10.3. The molecule has 1 saturated heterocycles. The minimum atomic E-state index is -4.38. The quantitative estimate of drug-likeness (QED) is 0.639. The number of nitrogens with zero attached hydrogens (tertiary/aromatic N) is 3. The predicted octanol–water partition coefficient (Wildman–Crippen LogP) is 2.98. The minimum Gasteiger partial charge on any atom is -0.352 e. The summed E-state index contributed by atoms with van der Waals surface area (Å²) in [5.74, 6) is -0.434. The SMILES string of the molecule is CN(CC(=O)NC1CCN(Cc2cccc(C(F)(F)F)c2)CC1)S(=O)(=O)c1ccc(C#N)cc1. The second kappa shape index (κ2) is 10.5. The molecular weight excluding hydrogens is 469 g/mol. The number of hydrogen-bond acceptors (Lipinski definition) is 5. The van der Waals surface area contributed by atoms with Crippen molar-refractivity contribution < 1.29 is 26.4 Å². The Balaban J connectivity index is 1.48. The highest BCUT2D eigenvalue weighted by Crippen LogP contribution is 2.30. The molecule has 1 amide bonds. The van der Waals surface area contributed by atoms with E-state index < -0.39 is 27.7 Å². The number of likely N-dealkylation sites (N-methyl/N-ethyl adjacent to an activating group) is 1. The van der Waals surface area contributed by atoms with Gasteiger partial charge in [0.1, 0.15) is 0 Å². The van der Waals surface area contributed by atoms with Crippen LogP contribution >= 0.6 is 0 Å². The van der Waals surface area contributed by atoms with E-state index in [9.17, 15) is 26.4 Å². The standard InChI is InChI=1S/C23H25F3N4O3S/c1-29(34(32,33)21-7-5-17(14-27)6-8-21)16-22(31)28-20-9-11-30(12-10-20)15-18-3-2-4-19(13-18)23(24,25)26/h2-8,13,20H,9-12,15-16H2,1H3,(H,28,31). The average Bonchev–Trinajstić information content (AvgIpc) is 2.80. The van der Waals surface area contributed by atoms with Gasteiger partial charge in [0, 0.05) is 32.7 Å². The Morgan fingerprint density at radius 3 is 2.41 bits per heavy atom. The molecule has 34 heavy (non-hydrogen) atoms. The lowest BCUT2D eigenvalue weighted by molar-refractivity contribution is -0.137. The van der Waals surface area contributed by atoms with Gasteiger partial charge in [-0.25, -0.2) is 8.42 Å². The maximum atomic E-state index is 12.9. The number of amides is 1. The fourth-order valence-corrected chi connectivity index (χ4v) is 4.91. The summed E-state index contributed by atoms with van der Waals surface area (Å²) in [5.41, 5.74) is 0.234. The maximum absolute atomic E-state index is 12.9. The van der Waals surface area contributed by atoms with Gasteiger partial charge in [-0.05, 0) is 48.7 Å². The van der Waals surface area contributed by atoms with Crippen molar-refractivity contribution in [2.45, 2.75) is 36.5 Å². The monoisotopic (exact) mass is 494 g/mol. The normalized spacial score (nSPS) is 15.8. The van der Waals surface area contributed by atoms with Crippen molar-refractivity contribution in [1.82, 2.24) is 14.5 Å². The highest BCUT2D eigenvalue weighted by atomic mass is 32.2. The fourth-order valence-electron chi connectivity index (χ4n) is 3.78. The molecule has 0 aliphatic carbocycles. The lowest BCUT2D eigenvalue weighted by atomic mass is 10.0. The first-order valence-electron chi connectivity index (χ1n) is 10.6. The molecule has 0 aromatic heterocycles. The molecular formula is C23H25F3N4O3S. The van der Waals surface area contributed by atoms with Crippen molar-refractivity contribution in [3.05, 3.63) is 65.2 Å². The Bertz CT molecular complexity index is 1150. The van der Waals surface area contributed by atoms with E-state index in [1.165, 1.54) is 37.4 Å². The smallest absolute Gasteiger partial charge is 0.352 e. The molecule has 2 aromatic carbocycles. The van der Waals surface area contributed by atoms with Crippen LogP contribution in [0.5, 0.6) is 0 Å². The fraction of sp³-hybridized carbons (Fsp3) is 0.391. The number of alkyl halides is 3. The van der Waals surface area contributed by atoms with Gasteiger partial charge in [-0.3, -0.25) is 9.69 Å². The van der Waals surface area contributed by atoms with E-state index >= 15 is 0 Å². The van der Waals surface area contributed by atoms with E-state index in [0.717, 1.165) is 16.4 Å². The van der Waals surface area contributed by atoms with Gasteiger partial charge in [-0.1, -0.05) is 18.2 Å². The number of halogens is 3. The van der Waals surface area contributed by atoms with Crippen LogP contribution in [0.25, 0.3) is 0 Å². The summed E-state index contributed by atoms with van der Waals surface area (Å²) in [6.45, 7) is 1.23. The van der Waals surface area contributed by atoms with Crippen LogP contribution in [-0.4, -0.2) is 56.3 Å². The van der Waals surface area contributed by atoms with E-state index in [0.29, 0.717) is 43.6 Å². The van der Waals surface area contributed by atoms with Gasteiger partial charge in [0.05, 0.1) is 28.6 Å². The average molecular weight is 495 g/mol. The Kier molecular flexibility index (Phi) is 7.97. The zero-order valence-electron chi connectivity index (χ0n) is 18.5. The van der Waals surface area contributed by atoms with Crippen molar-refractivity contribution in [1.29, 1.82) is 5.26 Å². The molecule has 182 valence electrons. The topological polar surface area (TPSA) is 93.5 Å². The number of carbonyl (C=O) groups is 1. The van der Waals surface area contributed by atoms with Crippen LogP contribution in [-0.2, 0) is 27.5 Å². The third-order valence-electron chi connectivity index (χ3n) is 5.67. The second-order valence-electron chi connectivity index (χ2n) is 8.21. The Morgan fingerprint density at radius 2 is 1.82 bits per heavy atom. The first-order chi connectivity index (χ1) is 16.0. The third kappa shape index (κ3) is 6.56. The number of nitrogens with one attached hydrogen (secondary N) is 1. The molecule has 3 rings (SSSR count). The van der Waals surface area contributed by atoms with Crippen LogP contribution in [0.15, 0.2) is 53.4 Å². The molecule has 0 spiro atoms. The zero-order chi connectivity index (χ0) is 24.9. The third-order valence-corrected chi connectivity index (χ3v) is 7.49. The summed E-state index contributed by atoms with van der Waals surface area (Å²) >= 11 is 0. The van der Waals surface area contributed by atoms with Crippen molar-refractivity contribution in [2.24, 2.45) is 0 Å².